The zero-order chi connectivity index (χ0) is 20.1. The van der Waals surface area contributed by atoms with E-state index in [0.717, 1.165) is 6.07 Å². The van der Waals surface area contributed by atoms with E-state index in [2.05, 4.69) is 4.98 Å². The molecule has 0 amide bonds. The van der Waals surface area contributed by atoms with Gasteiger partial charge >= 0.3 is 6.18 Å². The van der Waals surface area contributed by atoms with Gasteiger partial charge in [-0.1, -0.05) is 24.3 Å². The highest BCUT2D eigenvalue weighted by atomic mass is 19.4. The summed E-state index contributed by atoms with van der Waals surface area (Å²) in [6, 6.07) is 9.02. The van der Waals surface area contributed by atoms with Gasteiger partial charge in [0.25, 0.3) is 5.56 Å². The third-order valence-electron chi connectivity index (χ3n) is 4.68. The van der Waals surface area contributed by atoms with Crippen molar-refractivity contribution in [3.63, 3.8) is 0 Å². The van der Waals surface area contributed by atoms with Crippen LogP contribution in [0, 0.1) is 0 Å². The average Bonchev–Trinajstić information content (AvgIpc) is 3.04. The molecule has 0 saturated heterocycles. The van der Waals surface area contributed by atoms with Crippen molar-refractivity contribution in [2.24, 2.45) is 0 Å². The standard InChI is InChI=1S/C20H13F3N2O3/c21-20(22,23)15-4-2-1-3-11(15)9-12-7-8-25-17(12)24-16-10-13(19(27)28)5-6-14(16)18(25)26/h1-6,9-10H,7-8H2,(H,27,28)/p-1/b12-9+. The molecular formula is C20H12F3N2O3-. The molecular weight excluding hydrogens is 373 g/mol. The number of benzene rings is 2. The number of halogens is 3. The van der Waals surface area contributed by atoms with Crippen LogP contribution in [0.25, 0.3) is 22.6 Å². The number of carbonyl (C=O) groups is 1. The maximum absolute atomic E-state index is 13.2. The maximum Gasteiger partial charge on any atom is 0.416 e. The van der Waals surface area contributed by atoms with Gasteiger partial charge in [-0.2, -0.15) is 13.2 Å². The van der Waals surface area contributed by atoms with Gasteiger partial charge in [-0.05, 0) is 47.4 Å². The van der Waals surface area contributed by atoms with Gasteiger partial charge in [0.1, 0.15) is 5.82 Å². The van der Waals surface area contributed by atoms with Gasteiger partial charge in [-0.3, -0.25) is 9.36 Å². The molecule has 0 N–H and O–H groups in total. The highest BCUT2D eigenvalue weighted by Crippen LogP contribution is 2.35. The highest BCUT2D eigenvalue weighted by Gasteiger charge is 2.33. The molecule has 0 spiro atoms. The number of hydrogen-bond donors (Lipinski definition) is 0. The fourth-order valence-electron chi connectivity index (χ4n) is 3.35. The second kappa shape index (κ2) is 6.33. The Kier molecular flexibility index (Phi) is 4.06. The molecule has 4 rings (SSSR count). The Hall–Kier alpha value is -3.42. The second-order valence-electron chi connectivity index (χ2n) is 6.42. The van der Waals surface area contributed by atoms with Crippen LogP contribution in [0.1, 0.15) is 33.7 Å². The smallest absolute Gasteiger partial charge is 0.416 e. The molecule has 8 heteroatoms. The fourth-order valence-corrected chi connectivity index (χ4v) is 3.35. The molecule has 2 aromatic carbocycles. The van der Waals surface area contributed by atoms with Crippen molar-refractivity contribution in [1.82, 2.24) is 9.55 Å². The lowest BCUT2D eigenvalue weighted by Gasteiger charge is -2.11. The highest BCUT2D eigenvalue weighted by molar-refractivity contribution is 5.92. The van der Waals surface area contributed by atoms with Crippen molar-refractivity contribution in [3.8, 4) is 0 Å². The van der Waals surface area contributed by atoms with E-state index in [1.54, 1.807) is 0 Å². The van der Waals surface area contributed by atoms with E-state index in [1.807, 2.05) is 0 Å². The first kappa shape index (κ1) is 18.0. The maximum atomic E-state index is 13.2. The third kappa shape index (κ3) is 2.96. The molecule has 0 unspecified atom stereocenters. The number of hydrogen-bond acceptors (Lipinski definition) is 4. The van der Waals surface area contributed by atoms with Gasteiger partial charge in [-0.15, -0.1) is 0 Å². The average molecular weight is 385 g/mol. The summed E-state index contributed by atoms with van der Waals surface area (Å²) in [6.07, 6.45) is -2.78. The number of aromatic nitrogens is 2. The van der Waals surface area contributed by atoms with Crippen molar-refractivity contribution in [2.45, 2.75) is 19.1 Å². The Bertz CT molecular complexity index is 1210. The molecule has 0 bridgehead atoms. The minimum Gasteiger partial charge on any atom is -0.545 e. The summed E-state index contributed by atoms with van der Waals surface area (Å²) in [6.45, 7) is 0.291. The molecule has 1 aromatic heterocycles. The Balaban J connectivity index is 1.90. The van der Waals surface area contributed by atoms with Gasteiger partial charge < -0.3 is 9.90 Å². The lowest BCUT2D eigenvalue weighted by atomic mass is 10.0. The van der Waals surface area contributed by atoms with Crippen LogP contribution in [0.3, 0.4) is 0 Å². The number of carbonyl (C=O) groups excluding carboxylic acids is 1. The first-order valence-corrected chi connectivity index (χ1v) is 8.39. The van der Waals surface area contributed by atoms with Gasteiger partial charge in [0.05, 0.1) is 22.4 Å². The zero-order valence-electron chi connectivity index (χ0n) is 14.3. The van der Waals surface area contributed by atoms with E-state index >= 15 is 0 Å². The molecule has 2 heterocycles. The number of allylic oxidation sites excluding steroid dienone is 1. The molecule has 0 saturated carbocycles. The van der Waals surface area contributed by atoms with Crippen LogP contribution in [-0.2, 0) is 12.7 Å². The lowest BCUT2D eigenvalue weighted by molar-refractivity contribution is -0.255. The van der Waals surface area contributed by atoms with Crippen LogP contribution in [0.2, 0.25) is 0 Å². The van der Waals surface area contributed by atoms with Gasteiger partial charge in [0.15, 0.2) is 0 Å². The van der Waals surface area contributed by atoms with Crippen molar-refractivity contribution >= 4 is 28.5 Å². The number of carboxylic acids is 1. The summed E-state index contributed by atoms with van der Waals surface area (Å²) in [5, 5.41) is 11.3. The van der Waals surface area contributed by atoms with Crippen molar-refractivity contribution in [1.29, 1.82) is 0 Å². The second-order valence-corrected chi connectivity index (χ2v) is 6.42. The largest absolute Gasteiger partial charge is 0.545 e. The molecule has 0 fully saturated rings. The zero-order valence-corrected chi connectivity index (χ0v) is 14.3. The first-order valence-electron chi connectivity index (χ1n) is 8.39. The minimum absolute atomic E-state index is 0.0173. The summed E-state index contributed by atoms with van der Waals surface area (Å²) >= 11 is 0. The van der Waals surface area contributed by atoms with Gasteiger partial charge in [-0.25, -0.2) is 4.98 Å². The molecule has 5 nitrogen and oxygen atoms in total. The van der Waals surface area contributed by atoms with Crippen molar-refractivity contribution in [3.05, 3.63) is 75.3 Å². The van der Waals surface area contributed by atoms with E-state index in [-0.39, 0.29) is 33.4 Å². The molecule has 0 radical (unpaired) electrons. The summed E-state index contributed by atoms with van der Waals surface area (Å²) in [7, 11) is 0. The lowest BCUT2D eigenvalue weighted by Crippen LogP contribution is -2.24. The van der Waals surface area contributed by atoms with Crippen LogP contribution in [0.5, 0.6) is 0 Å². The Labute approximate surface area is 156 Å². The van der Waals surface area contributed by atoms with E-state index in [9.17, 15) is 27.9 Å². The fraction of sp³-hybridized carbons (Fsp3) is 0.150. The third-order valence-corrected chi connectivity index (χ3v) is 4.68. The summed E-state index contributed by atoms with van der Waals surface area (Å²) < 4.78 is 41.1. The van der Waals surface area contributed by atoms with Crippen LogP contribution >= 0.6 is 0 Å². The van der Waals surface area contributed by atoms with E-state index in [4.69, 9.17) is 0 Å². The molecule has 28 heavy (non-hydrogen) atoms. The van der Waals surface area contributed by atoms with Gasteiger partial charge in [0, 0.05) is 6.54 Å². The Morgan fingerprint density at radius 1 is 1.18 bits per heavy atom. The quantitative estimate of drug-likeness (QED) is 0.680. The number of fused-ring (bicyclic) bond motifs is 2. The van der Waals surface area contributed by atoms with E-state index in [1.165, 1.54) is 47.0 Å². The SMILES string of the molecule is O=C([O-])c1ccc2c(=O)n3c(nc2c1)/C(=C/c1ccccc1C(F)(F)F)CC3. The van der Waals surface area contributed by atoms with Crippen molar-refractivity contribution < 1.29 is 23.1 Å². The number of alkyl halides is 3. The Morgan fingerprint density at radius 2 is 1.93 bits per heavy atom. The summed E-state index contributed by atoms with van der Waals surface area (Å²) in [5.74, 6) is -1.16. The number of rotatable bonds is 2. The van der Waals surface area contributed by atoms with E-state index < -0.39 is 17.7 Å². The van der Waals surface area contributed by atoms with Gasteiger partial charge in [0.2, 0.25) is 0 Å². The van der Waals surface area contributed by atoms with Crippen LogP contribution in [0.4, 0.5) is 13.2 Å². The van der Waals surface area contributed by atoms with Crippen LogP contribution in [-0.4, -0.2) is 15.5 Å². The topological polar surface area (TPSA) is 75.0 Å². The minimum atomic E-state index is -4.51. The molecule has 142 valence electrons. The van der Waals surface area contributed by atoms with Crippen LogP contribution < -0.4 is 10.7 Å². The molecule has 0 aliphatic carbocycles. The number of carboxylic acid groups (broad SMARTS) is 1. The predicted molar refractivity (Wildman–Crippen MR) is 94.3 cm³/mol. The van der Waals surface area contributed by atoms with E-state index in [0.29, 0.717) is 18.5 Å². The monoisotopic (exact) mass is 385 g/mol. The molecule has 0 atom stereocenters. The van der Waals surface area contributed by atoms with Crippen molar-refractivity contribution in [2.75, 3.05) is 0 Å². The summed E-state index contributed by atoms with van der Waals surface area (Å²) in [4.78, 5) is 28.1. The van der Waals surface area contributed by atoms with Crippen LogP contribution in [0.15, 0.2) is 47.3 Å². The molecule has 3 aromatic rings. The summed E-state index contributed by atoms with van der Waals surface area (Å²) in [5.41, 5.74) is -0.642. The predicted octanol–water partition coefficient (Wildman–Crippen LogP) is 2.72. The molecule has 1 aliphatic rings. The first-order chi connectivity index (χ1) is 13.3. The number of aromatic carboxylic acids is 1. The number of nitrogens with zero attached hydrogens (tertiary/aromatic N) is 2. The normalized spacial score (nSPS) is 15.2. The Morgan fingerprint density at radius 3 is 2.64 bits per heavy atom. The molecule has 1 aliphatic heterocycles.